The van der Waals surface area contributed by atoms with Crippen molar-refractivity contribution in [3.8, 4) is 0 Å². The molecule has 1 saturated carbocycles. The fourth-order valence-corrected chi connectivity index (χ4v) is 3.27. The van der Waals surface area contributed by atoms with E-state index in [-0.39, 0.29) is 17.4 Å². The summed E-state index contributed by atoms with van der Waals surface area (Å²) in [4.78, 5) is 14.5. The first kappa shape index (κ1) is 15.7. The van der Waals surface area contributed by atoms with Gasteiger partial charge in [0, 0.05) is 31.5 Å². The Morgan fingerprint density at radius 3 is 2.35 bits per heavy atom. The van der Waals surface area contributed by atoms with Crippen molar-refractivity contribution < 1.29 is 14.6 Å². The lowest BCUT2D eigenvalue weighted by Crippen LogP contribution is -2.76. The Labute approximate surface area is 121 Å². The monoisotopic (exact) mass is 284 g/mol. The average Bonchev–Trinajstić information content (AvgIpc) is 2.37. The molecule has 1 aliphatic heterocycles. The molecule has 0 aromatic carbocycles. The number of aliphatic hydroxyl groups is 1. The van der Waals surface area contributed by atoms with Crippen LogP contribution in [0, 0.1) is 5.41 Å². The Bertz CT molecular complexity index is 385. The molecule has 0 aromatic rings. The number of ether oxygens (including phenoxy) is 1. The largest absolute Gasteiger partial charge is 0.390 e. The van der Waals surface area contributed by atoms with Crippen LogP contribution in [0.15, 0.2) is 0 Å². The van der Waals surface area contributed by atoms with E-state index in [2.05, 4.69) is 0 Å². The van der Waals surface area contributed by atoms with E-state index in [1.165, 1.54) is 0 Å². The fourth-order valence-electron chi connectivity index (χ4n) is 3.27. The van der Waals surface area contributed by atoms with E-state index >= 15 is 0 Å². The number of piperidine rings is 1. The summed E-state index contributed by atoms with van der Waals surface area (Å²) < 4.78 is 5.67. The van der Waals surface area contributed by atoms with Crippen LogP contribution in [0.5, 0.6) is 0 Å². The first-order chi connectivity index (χ1) is 9.14. The minimum atomic E-state index is -0.837. The highest BCUT2D eigenvalue weighted by Gasteiger charge is 2.63. The Morgan fingerprint density at radius 1 is 1.35 bits per heavy atom. The van der Waals surface area contributed by atoms with Crippen molar-refractivity contribution in [2.75, 3.05) is 19.7 Å². The molecule has 2 atom stereocenters. The van der Waals surface area contributed by atoms with Gasteiger partial charge in [-0.05, 0) is 26.7 Å². The molecule has 0 aromatic heterocycles. The van der Waals surface area contributed by atoms with E-state index < -0.39 is 11.1 Å². The van der Waals surface area contributed by atoms with Crippen LogP contribution in [0.2, 0.25) is 0 Å². The first-order valence-corrected chi connectivity index (χ1v) is 7.56. The minimum absolute atomic E-state index is 0.00829. The van der Waals surface area contributed by atoms with Crippen LogP contribution in [-0.2, 0) is 9.53 Å². The number of hydrogen-bond donors (Lipinski definition) is 2. The van der Waals surface area contributed by atoms with E-state index in [1.807, 2.05) is 32.6 Å². The van der Waals surface area contributed by atoms with Crippen molar-refractivity contribution in [3.05, 3.63) is 0 Å². The molecule has 5 nitrogen and oxygen atoms in total. The number of nitrogens with two attached hydrogens (primary N) is 1. The third kappa shape index (κ3) is 2.36. The fraction of sp³-hybridized carbons (Fsp3) is 0.933. The summed E-state index contributed by atoms with van der Waals surface area (Å²) in [5.41, 5.74) is 4.57. The number of nitrogens with zero attached hydrogens (tertiary/aromatic N) is 1. The number of carbonyl (C=O) groups excluding carboxylic acids is 1. The molecule has 3 N–H and O–H groups in total. The lowest BCUT2D eigenvalue weighted by Gasteiger charge is -2.59. The molecule has 0 bridgehead atoms. The highest BCUT2D eigenvalue weighted by molar-refractivity contribution is 5.89. The van der Waals surface area contributed by atoms with Gasteiger partial charge in [0.25, 0.3) is 0 Å². The van der Waals surface area contributed by atoms with Gasteiger partial charge in [-0.2, -0.15) is 0 Å². The topological polar surface area (TPSA) is 75.8 Å². The molecule has 20 heavy (non-hydrogen) atoms. The van der Waals surface area contributed by atoms with Gasteiger partial charge in [0.15, 0.2) is 0 Å². The predicted molar refractivity (Wildman–Crippen MR) is 77.2 cm³/mol. The van der Waals surface area contributed by atoms with Gasteiger partial charge in [-0.1, -0.05) is 13.8 Å². The number of hydrogen-bond acceptors (Lipinski definition) is 4. The zero-order valence-corrected chi connectivity index (χ0v) is 13.1. The zero-order valence-electron chi connectivity index (χ0n) is 13.1. The molecular weight excluding hydrogens is 256 g/mol. The maximum absolute atomic E-state index is 12.7. The second-order valence-corrected chi connectivity index (χ2v) is 7.13. The van der Waals surface area contributed by atoms with Crippen molar-refractivity contribution >= 4 is 5.91 Å². The quantitative estimate of drug-likeness (QED) is 0.807. The average molecular weight is 284 g/mol. The van der Waals surface area contributed by atoms with Crippen molar-refractivity contribution in [1.82, 2.24) is 4.90 Å². The van der Waals surface area contributed by atoms with Gasteiger partial charge in [-0.25, -0.2) is 0 Å². The Morgan fingerprint density at radius 2 is 1.90 bits per heavy atom. The number of rotatable bonds is 3. The van der Waals surface area contributed by atoms with Gasteiger partial charge in [0.1, 0.15) is 5.54 Å². The molecule has 2 aliphatic rings. The lowest BCUT2D eigenvalue weighted by atomic mass is 9.54. The summed E-state index contributed by atoms with van der Waals surface area (Å²) in [5, 5.41) is 9.97. The summed E-state index contributed by atoms with van der Waals surface area (Å²) in [6.07, 6.45) is 1.86. The number of amides is 1. The molecule has 0 spiro atoms. The van der Waals surface area contributed by atoms with Crippen LogP contribution in [0.3, 0.4) is 0 Å². The van der Waals surface area contributed by atoms with Gasteiger partial charge in [-0.3, -0.25) is 4.79 Å². The van der Waals surface area contributed by atoms with Gasteiger partial charge in [-0.15, -0.1) is 0 Å². The van der Waals surface area contributed by atoms with Crippen molar-refractivity contribution in [1.29, 1.82) is 0 Å². The Balaban J connectivity index is 2.03. The molecule has 2 unspecified atom stereocenters. The SMILES string of the molecule is CCOC1CC(N)(C(=O)N2CCC(C)(O)CC2)C1(C)C. The lowest BCUT2D eigenvalue weighted by molar-refractivity contribution is -0.181. The predicted octanol–water partition coefficient (Wildman–Crippen LogP) is 0.892. The highest BCUT2D eigenvalue weighted by Crippen LogP contribution is 2.50. The van der Waals surface area contributed by atoms with Gasteiger partial charge < -0.3 is 20.5 Å². The number of carbonyl (C=O) groups is 1. The summed E-state index contributed by atoms with van der Waals surface area (Å²) >= 11 is 0. The maximum Gasteiger partial charge on any atom is 0.243 e. The maximum atomic E-state index is 12.7. The van der Waals surface area contributed by atoms with Crippen LogP contribution >= 0.6 is 0 Å². The second-order valence-electron chi connectivity index (χ2n) is 7.13. The second kappa shape index (κ2) is 4.97. The zero-order chi connectivity index (χ0) is 15.2. The summed E-state index contributed by atoms with van der Waals surface area (Å²) in [5.74, 6) is 0.00829. The van der Waals surface area contributed by atoms with E-state index in [0.717, 1.165) is 0 Å². The van der Waals surface area contributed by atoms with Crippen molar-refractivity contribution in [2.24, 2.45) is 11.1 Å². The Hall–Kier alpha value is -0.650. The molecule has 1 aliphatic carbocycles. The van der Waals surface area contributed by atoms with E-state index in [9.17, 15) is 9.90 Å². The van der Waals surface area contributed by atoms with Crippen LogP contribution in [-0.4, -0.2) is 52.9 Å². The molecule has 1 amide bonds. The first-order valence-electron chi connectivity index (χ1n) is 7.56. The molecule has 1 saturated heterocycles. The van der Waals surface area contributed by atoms with E-state index in [1.54, 1.807) is 0 Å². The summed E-state index contributed by atoms with van der Waals surface area (Å²) in [6.45, 7) is 9.61. The van der Waals surface area contributed by atoms with Crippen LogP contribution in [0.25, 0.3) is 0 Å². The number of likely N-dealkylation sites (tertiary alicyclic amines) is 1. The van der Waals surface area contributed by atoms with E-state index in [4.69, 9.17) is 10.5 Å². The Kier molecular flexibility index (Phi) is 3.91. The molecular formula is C15H28N2O3. The molecule has 116 valence electrons. The smallest absolute Gasteiger partial charge is 0.243 e. The van der Waals surface area contributed by atoms with Crippen molar-refractivity contribution in [2.45, 2.75) is 64.2 Å². The van der Waals surface area contributed by atoms with Crippen LogP contribution in [0.1, 0.15) is 47.0 Å². The standard InChI is InChI=1S/C15H28N2O3/c1-5-20-11-10-15(16,13(11,2)3)12(18)17-8-6-14(4,19)7-9-17/h11,19H,5-10,16H2,1-4H3. The van der Waals surface area contributed by atoms with Gasteiger partial charge in [0.05, 0.1) is 11.7 Å². The molecule has 0 radical (unpaired) electrons. The van der Waals surface area contributed by atoms with E-state index in [0.29, 0.717) is 39.0 Å². The normalized spacial score (nSPS) is 35.5. The molecule has 2 fully saturated rings. The van der Waals surface area contributed by atoms with Crippen LogP contribution < -0.4 is 5.73 Å². The van der Waals surface area contributed by atoms with Gasteiger partial charge >= 0.3 is 0 Å². The van der Waals surface area contributed by atoms with Crippen molar-refractivity contribution in [3.63, 3.8) is 0 Å². The minimum Gasteiger partial charge on any atom is -0.390 e. The highest BCUT2D eigenvalue weighted by atomic mass is 16.5. The van der Waals surface area contributed by atoms with Crippen LogP contribution in [0.4, 0.5) is 0 Å². The van der Waals surface area contributed by atoms with Gasteiger partial charge in [0.2, 0.25) is 5.91 Å². The molecule has 5 heteroatoms. The summed E-state index contributed by atoms with van der Waals surface area (Å²) in [7, 11) is 0. The molecule has 1 heterocycles. The third-order valence-electron chi connectivity index (χ3n) is 5.34. The third-order valence-corrected chi connectivity index (χ3v) is 5.34. The summed E-state index contributed by atoms with van der Waals surface area (Å²) in [6, 6.07) is 0. The molecule has 2 rings (SSSR count).